The van der Waals surface area contributed by atoms with Gasteiger partial charge in [-0.1, -0.05) is 57.6 Å². The number of fused-ring (bicyclic) bond motifs is 1. The Balaban J connectivity index is 2.35. The first-order chi connectivity index (χ1) is 12.6. The van der Waals surface area contributed by atoms with E-state index < -0.39 is 23.1 Å². The van der Waals surface area contributed by atoms with Gasteiger partial charge >= 0.3 is 5.97 Å². The van der Waals surface area contributed by atoms with Gasteiger partial charge in [0.05, 0.1) is 0 Å². The van der Waals surface area contributed by atoms with E-state index in [9.17, 15) is 14.7 Å². The van der Waals surface area contributed by atoms with Crippen LogP contribution >= 0.6 is 0 Å². The van der Waals surface area contributed by atoms with Crippen molar-refractivity contribution in [1.29, 1.82) is 0 Å². The van der Waals surface area contributed by atoms with Gasteiger partial charge in [0, 0.05) is 17.4 Å². The summed E-state index contributed by atoms with van der Waals surface area (Å²) in [7, 11) is 0. The van der Waals surface area contributed by atoms with Gasteiger partial charge in [0.15, 0.2) is 6.29 Å². The summed E-state index contributed by atoms with van der Waals surface area (Å²) in [5, 5.41) is 11.2. The molecule has 2 aliphatic rings. The topological polar surface area (TPSA) is 63.6 Å². The summed E-state index contributed by atoms with van der Waals surface area (Å²) < 4.78 is 5.80. The maximum Gasteiger partial charge on any atom is 0.331 e. The van der Waals surface area contributed by atoms with Crippen LogP contribution in [0.5, 0.6) is 0 Å². The molecule has 27 heavy (non-hydrogen) atoms. The van der Waals surface area contributed by atoms with Gasteiger partial charge in [0.1, 0.15) is 11.7 Å². The Morgan fingerprint density at radius 1 is 1.19 bits per heavy atom. The number of esters is 1. The highest BCUT2D eigenvalue weighted by atomic mass is 16.5. The first kappa shape index (κ1) is 21.4. The van der Waals surface area contributed by atoms with E-state index in [0.29, 0.717) is 11.9 Å². The summed E-state index contributed by atoms with van der Waals surface area (Å²) in [5.74, 6) is -0.567. The molecule has 0 saturated heterocycles. The monoisotopic (exact) mass is 372 g/mol. The number of ether oxygens (including phenoxy) is 1. The molecule has 0 aromatic heterocycles. The number of carbonyl (C=O) groups excluding carboxylic acids is 2. The number of hydrogen-bond acceptors (Lipinski definition) is 4. The lowest BCUT2D eigenvalue weighted by molar-refractivity contribution is -0.184. The van der Waals surface area contributed by atoms with E-state index in [4.69, 9.17) is 4.74 Å². The SMILES string of the molecule is C/C=C/C=C/C=C/C(=O)OC1C=C(C)[C@](O)(C=O)[C@@]2(C)CCCC(C)(C)[C@H]12. The van der Waals surface area contributed by atoms with Crippen LogP contribution in [-0.2, 0) is 14.3 Å². The van der Waals surface area contributed by atoms with Crippen LogP contribution in [0.3, 0.4) is 0 Å². The Bertz CT molecular complexity index is 697. The number of aliphatic hydroxyl groups is 1. The maximum absolute atomic E-state index is 12.3. The van der Waals surface area contributed by atoms with Gasteiger partial charge < -0.3 is 9.84 Å². The third-order valence-electron chi connectivity index (χ3n) is 6.44. The molecule has 0 aromatic rings. The molecule has 4 nitrogen and oxygen atoms in total. The van der Waals surface area contributed by atoms with Gasteiger partial charge in [-0.2, -0.15) is 0 Å². The summed E-state index contributed by atoms with van der Waals surface area (Å²) in [6.45, 7) is 9.88. The minimum Gasteiger partial charge on any atom is -0.455 e. The fraction of sp³-hybridized carbons (Fsp3) is 0.565. The molecule has 0 radical (unpaired) electrons. The van der Waals surface area contributed by atoms with E-state index in [1.54, 1.807) is 25.2 Å². The summed E-state index contributed by atoms with van der Waals surface area (Å²) in [5.41, 5.74) is -1.80. The summed E-state index contributed by atoms with van der Waals surface area (Å²) >= 11 is 0. The normalized spacial score (nSPS) is 36.0. The highest BCUT2D eigenvalue weighted by molar-refractivity contribution is 5.82. The zero-order valence-electron chi connectivity index (χ0n) is 17.1. The van der Waals surface area contributed by atoms with Crippen LogP contribution in [0.2, 0.25) is 0 Å². The van der Waals surface area contributed by atoms with Crippen molar-refractivity contribution < 1.29 is 19.4 Å². The largest absolute Gasteiger partial charge is 0.455 e. The highest BCUT2D eigenvalue weighted by Gasteiger charge is 2.63. The molecule has 0 bridgehead atoms. The van der Waals surface area contributed by atoms with Gasteiger partial charge in [0.2, 0.25) is 0 Å². The van der Waals surface area contributed by atoms with E-state index in [-0.39, 0.29) is 11.3 Å². The minimum absolute atomic E-state index is 0.145. The number of carbonyl (C=O) groups is 2. The van der Waals surface area contributed by atoms with Crippen LogP contribution in [-0.4, -0.2) is 29.1 Å². The molecular weight excluding hydrogens is 340 g/mol. The molecule has 0 amide bonds. The van der Waals surface area contributed by atoms with Crippen molar-refractivity contribution in [1.82, 2.24) is 0 Å². The molecule has 0 spiro atoms. The van der Waals surface area contributed by atoms with Crippen molar-refractivity contribution >= 4 is 12.3 Å². The molecule has 1 fully saturated rings. The number of rotatable bonds is 5. The molecule has 4 atom stereocenters. The van der Waals surface area contributed by atoms with E-state index in [1.807, 2.05) is 32.1 Å². The standard InChI is InChI=1S/C23H32O4/c1-6-7-8-9-10-12-19(25)27-18-15-17(2)23(26,16-24)22(5)14-11-13-21(3,4)20(18)22/h6-10,12,15-16,18,20,26H,11,13-14H2,1-5H3/b7-6+,9-8+,12-10+/t18?,20-,22-,23+/m0/s1. The lowest BCUT2D eigenvalue weighted by Crippen LogP contribution is -2.63. The van der Waals surface area contributed by atoms with E-state index in [1.165, 1.54) is 6.08 Å². The minimum atomic E-state index is -1.52. The lowest BCUT2D eigenvalue weighted by atomic mass is 9.46. The highest BCUT2D eigenvalue weighted by Crippen LogP contribution is 2.61. The first-order valence-corrected chi connectivity index (χ1v) is 9.66. The van der Waals surface area contributed by atoms with Crippen LogP contribution in [0.25, 0.3) is 0 Å². The van der Waals surface area contributed by atoms with Gasteiger partial charge in [-0.05, 0) is 43.8 Å². The van der Waals surface area contributed by atoms with Crippen LogP contribution < -0.4 is 0 Å². The molecular formula is C23H32O4. The molecule has 2 rings (SSSR count). The second-order valence-corrected chi connectivity index (χ2v) is 8.64. The molecule has 2 aliphatic carbocycles. The Hall–Kier alpha value is -1.94. The average molecular weight is 373 g/mol. The molecule has 1 saturated carbocycles. The van der Waals surface area contributed by atoms with Crippen LogP contribution in [0.1, 0.15) is 53.9 Å². The molecule has 0 aromatic carbocycles. The number of hydrogen-bond donors (Lipinski definition) is 1. The van der Waals surface area contributed by atoms with Crippen molar-refractivity contribution in [3.8, 4) is 0 Å². The summed E-state index contributed by atoms with van der Waals surface area (Å²) in [6.07, 6.45) is 15.0. The van der Waals surface area contributed by atoms with Gasteiger partial charge in [-0.3, -0.25) is 4.79 Å². The molecule has 0 heterocycles. The molecule has 148 valence electrons. The number of allylic oxidation sites excluding steroid dienone is 5. The Morgan fingerprint density at radius 3 is 2.48 bits per heavy atom. The van der Waals surface area contributed by atoms with Crippen LogP contribution in [0.4, 0.5) is 0 Å². The average Bonchev–Trinajstić information content (AvgIpc) is 2.58. The van der Waals surface area contributed by atoms with Gasteiger partial charge in [-0.15, -0.1) is 0 Å². The zero-order chi connectivity index (χ0) is 20.3. The van der Waals surface area contributed by atoms with Crippen molar-refractivity contribution in [3.63, 3.8) is 0 Å². The van der Waals surface area contributed by atoms with Crippen LogP contribution in [0, 0.1) is 16.7 Å². The molecule has 1 N–H and O–H groups in total. The predicted octanol–water partition coefficient (Wildman–Crippen LogP) is 4.31. The quantitative estimate of drug-likeness (QED) is 0.257. The van der Waals surface area contributed by atoms with Crippen molar-refractivity contribution in [2.45, 2.75) is 65.6 Å². The summed E-state index contributed by atoms with van der Waals surface area (Å²) in [4.78, 5) is 24.2. The van der Waals surface area contributed by atoms with Gasteiger partial charge in [0.25, 0.3) is 0 Å². The van der Waals surface area contributed by atoms with E-state index in [0.717, 1.165) is 19.3 Å². The Morgan fingerprint density at radius 2 is 1.85 bits per heavy atom. The third kappa shape index (κ3) is 3.86. The zero-order valence-corrected chi connectivity index (χ0v) is 17.1. The van der Waals surface area contributed by atoms with E-state index >= 15 is 0 Å². The van der Waals surface area contributed by atoms with Crippen molar-refractivity contribution in [2.24, 2.45) is 16.7 Å². The van der Waals surface area contributed by atoms with Gasteiger partial charge in [-0.25, -0.2) is 4.79 Å². The summed E-state index contributed by atoms with van der Waals surface area (Å²) in [6, 6.07) is 0. The Kier molecular flexibility index (Phi) is 6.31. The maximum atomic E-state index is 12.3. The predicted molar refractivity (Wildman–Crippen MR) is 107 cm³/mol. The lowest BCUT2D eigenvalue weighted by Gasteiger charge is -2.60. The first-order valence-electron chi connectivity index (χ1n) is 9.66. The third-order valence-corrected chi connectivity index (χ3v) is 6.44. The second-order valence-electron chi connectivity index (χ2n) is 8.64. The van der Waals surface area contributed by atoms with Crippen LogP contribution in [0.15, 0.2) is 48.1 Å². The molecule has 4 heteroatoms. The fourth-order valence-corrected chi connectivity index (χ4v) is 5.12. The smallest absolute Gasteiger partial charge is 0.331 e. The van der Waals surface area contributed by atoms with E-state index in [2.05, 4.69) is 13.8 Å². The second kappa shape index (κ2) is 7.97. The molecule has 1 unspecified atom stereocenters. The Labute approximate surface area is 162 Å². The van der Waals surface area contributed by atoms with Crippen molar-refractivity contribution in [3.05, 3.63) is 48.1 Å². The number of aldehydes is 1. The van der Waals surface area contributed by atoms with Crippen molar-refractivity contribution in [2.75, 3.05) is 0 Å². The molecule has 0 aliphatic heterocycles. The fourth-order valence-electron chi connectivity index (χ4n) is 5.12.